The third-order valence-corrected chi connectivity index (χ3v) is 3.07. The topological polar surface area (TPSA) is 36.3 Å². The number of ether oxygens (including phenoxy) is 1. The maximum absolute atomic E-state index is 13.8. The maximum atomic E-state index is 13.8. The predicted molar refractivity (Wildman–Crippen MR) is 66.4 cm³/mol. The van der Waals surface area contributed by atoms with Gasteiger partial charge in [0, 0.05) is 25.2 Å². The van der Waals surface area contributed by atoms with Gasteiger partial charge in [-0.1, -0.05) is 6.07 Å². The Kier molecular flexibility index (Phi) is 3.95. The largest absolute Gasteiger partial charge is 0.373 e. The lowest BCUT2D eigenvalue weighted by Crippen LogP contribution is -2.44. The maximum Gasteiger partial charge on any atom is 0.129 e. The molecule has 0 aliphatic carbocycles. The van der Waals surface area contributed by atoms with E-state index >= 15 is 0 Å². The second-order valence-corrected chi connectivity index (χ2v) is 4.87. The molecule has 0 radical (unpaired) electrons. The normalized spacial score (nSPS) is 24.8. The summed E-state index contributed by atoms with van der Waals surface area (Å²) >= 11 is 0. The smallest absolute Gasteiger partial charge is 0.129 e. The molecule has 3 nitrogen and oxygen atoms in total. The monoisotopic (exact) mass is 248 g/mol. The Hall–Kier alpha value is -1.44. The molecule has 1 fully saturated rings. The Morgan fingerprint density at radius 3 is 2.61 bits per heavy atom. The second kappa shape index (κ2) is 5.47. The summed E-state index contributed by atoms with van der Waals surface area (Å²) < 4.78 is 19.4. The molecule has 0 unspecified atom stereocenters. The highest BCUT2D eigenvalue weighted by molar-refractivity contribution is 5.32. The van der Waals surface area contributed by atoms with E-state index in [9.17, 15) is 4.39 Å². The van der Waals surface area contributed by atoms with Crippen LogP contribution in [0.2, 0.25) is 0 Å². The quantitative estimate of drug-likeness (QED) is 0.805. The summed E-state index contributed by atoms with van der Waals surface area (Å²) in [6, 6.07) is 6.59. The van der Waals surface area contributed by atoms with Crippen molar-refractivity contribution in [2.45, 2.75) is 32.6 Å². The van der Waals surface area contributed by atoms with Gasteiger partial charge >= 0.3 is 0 Å². The van der Waals surface area contributed by atoms with Crippen molar-refractivity contribution in [2.24, 2.45) is 0 Å². The number of halogens is 1. The summed E-state index contributed by atoms with van der Waals surface area (Å²) in [7, 11) is 0. The van der Waals surface area contributed by atoms with Gasteiger partial charge in [-0.15, -0.1) is 0 Å². The van der Waals surface area contributed by atoms with Crippen molar-refractivity contribution >= 4 is 0 Å². The van der Waals surface area contributed by atoms with Gasteiger partial charge in [-0.2, -0.15) is 5.26 Å². The molecular weight excluding hydrogens is 231 g/mol. The van der Waals surface area contributed by atoms with Gasteiger partial charge in [-0.25, -0.2) is 4.39 Å². The number of morpholine rings is 1. The Labute approximate surface area is 107 Å². The van der Waals surface area contributed by atoms with Gasteiger partial charge in [0.25, 0.3) is 0 Å². The van der Waals surface area contributed by atoms with Crippen molar-refractivity contribution in [1.82, 2.24) is 4.90 Å². The van der Waals surface area contributed by atoms with E-state index in [0.717, 1.165) is 13.1 Å². The molecule has 2 atom stereocenters. The molecule has 1 heterocycles. The lowest BCUT2D eigenvalue weighted by atomic mass is 10.1. The standard InChI is InChI=1S/C14H17FN2O/c1-10-7-17(8-11(2)18-10)9-13-4-3-12(6-16)5-14(13)15/h3-5,10-11H,7-9H2,1-2H3/t10-,11+. The van der Waals surface area contributed by atoms with Crippen LogP contribution in [0.3, 0.4) is 0 Å². The lowest BCUT2D eigenvalue weighted by Gasteiger charge is -2.35. The molecule has 0 bridgehead atoms. The highest BCUT2D eigenvalue weighted by Crippen LogP contribution is 2.17. The molecule has 0 spiro atoms. The molecule has 18 heavy (non-hydrogen) atoms. The second-order valence-electron chi connectivity index (χ2n) is 4.87. The van der Waals surface area contributed by atoms with Crippen LogP contribution in [0.15, 0.2) is 18.2 Å². The van der Waals surface area contributed by atoms with Crippen molar-refractivity contribution in [3.05, 3.63) is 35.1 Å². The molecule has 96 valence electrons. The molecule has 0 aromatic heterocycles. The Balaban J connectivity index is 2.07. The van der Waals surface area contributed by atoms with Gasteiger partial charge in [0.2, 0.25) is 0 Å². The van der Waals surface area contributed by atoms with Crippen molar-refractivity contribution in [3.63, 3.8) is 0 Å². The fourth-order valence-electron chi connectivity index (χ4n) is 2.40. The lowest BCUT2D eigenvalue weighted by molar-refractivity contribution is -0.0707. The van der Waals surface area contributed by atoms with Crippen molar-refractivity contribution < 1.29 is 9.13 Å². The van der Waals surface area contributed by atoms with Crippen molar-refractivity contribution in [3.8, 4) is 6.07 Å². The molecule has 0 saturated carbocycles. The highest BCUT2D eigenvalue weighted by atomic mass is 19.1. The molecular formula is C14H17FN2O. The Morgan fingerprint density at radius 2 is 2.06 bits per heavy atom. The van der Waals surface area contributed by atoms with Crippen LogP contribution in [-0.2, 0) is 11.3 Å². The molecule has 2 rings (SSSR count). The van der Waals surface area contributed by atoms with Crippen LogP contribution in [0.4, 0.5) is 4.39 Å². The average Bonchev–Trinajstić information content (AvgIpc) is 2.30. The first kappa shape index (κ1) is 13.0. The van der Waals surface area contributed by atoms with Gasteiger partial charge in [0.15, 0.2) is 0 Å². The van der Waals surface area contributed by atoms with E-state index in [4.69, 9.17) is 10.00 Å². The number of rotatable bonds is 2. The predicted octanol–water partition coefficient (Wildman–Crippen LogP) is 2.31. The van der Waals surface area contributed by atoms with E-state index in [-0.39, 0.29) is 18.0 Å². The van der Waals surface area contributed by atoms with Crippen LogP contribution in [0.25, 0.3) is 0 Å². The highest BCUT2D eigenvalue weighted by Gasteiger charge is 2.22. The first-order valence-electron chi connectivity index (χ1n) is 6.15. The molecule has 1 aromatic rings. The third-order valence-electron chi connectivity index (χ3n) is 3.07. The van der Waals surface area contributed by atoms with Gasteiger partial charge in [-0.3, -0.25) is 4.90 Å². The number of nitrogens with zero attached hydrogens (tertiary/aromatic N) is 2. The summed E-state index contributed by atoms with van der Waals surface area (Å²) in [6.07, 6.45) is 0.352. The summed E-state index contributed by atoms with van der Waals surface area (Å²) in [5.74, 6) is -0.305. The van der Waals surface area contributed by atoms with E-state index in [1.165, 1.54) is 6.07 Å². The zero-order chi connectivity index (χ0) is 13.1. The van der Waals surface area contributed by atoms with Crippen LogP contribution in [0.1, 0.15) is 25.0 Å². The Bertz CT molecular complexity index is 459. The van der Waals surface area contributed by atoms with Crippen LogP contribution < -0.4 is 0 Å². The molecule has 4 heteroatoms. The van der Waals surface area contributed by atoms with Crippen LogP contribution >= 0.6 is 0 Å². The zero-order valence-electron chi connectivity index (χ0n) is 10.7. The van der Waals surface area contributed by atoms with Gasteiger partial charge < -0.3 is 4.74 Å². The van der Waals surface area contributed by atoms with Crippen LogP contribution in [-0.4, -0.2) is 30.2 Å². The summed E-state index contributed by atoms with van der Waals surface area (Å²) in [6.45, 7) is 6.23. The number of benzene rings is 1. The number of hydrogen-bond acceptors (Lipinski definition) is 3. The minimum atomic E-state index is -0.305. The SMILES string of the molecule is C[C@@H]1CN(Cc2ccc(C#N)cc2F)C[C@H](C)O1. The van der Waals surface area contributed by atoms with Crippen molar-refractivity contribution in [1.29, 1.82) is 5.26 Å². The minimum absolute atomic E-state index is 0.176. The molecule has 1 aliphatic rings. The average molecular weight is 248 g/mol. The zero-order valence-corrected chi connectivity index (χ0v) is 10.7. The first-order valence-corrected chi connectivity index (χ1v) is 6.15. The minimum Gasteiger partial charge on any atom is -0.373 e. The van der Waals surface area contributed by atoms with E-state index in [0.29, 0.717) is 17.7 Å². The molecule has 0 N–H and O–H groups in total. The first-order chi connectivity index (χ1) is 8.58. The molecule has 0 amide bonds. The van der Waals surface area contributed by atoms with E-state index in [1.54, 1.807) is 12.1 Å². The summed E-state index contributed by atoms with van der Waals surface area (Å²) in [5, 5.41) is 8.70. The van der Waals surface area contributed by atoms with Crippen LogP contribution in [0.5, 0.6) is 0 Å². The van der Waals surface area contributed by atoms with Gasteiger partial charge in [0.05, 0.1) is 23.8 Å². The molecule has 1 saturated heterocycles. The summed E-state index contributed by atoms with van der Waals surface area (Å²) in [4.78, 5) is 2.18. The molecule has 1 aliphatic heterocycles. The number of hydrogen-bond donors (Lipinski definition) is 0. The van der Waals surface area contributed by atoms with E-state index in [1.807, 2.05) is 19.9 Å². The third kappa shape index (κ3) is 3.06. The van der Waals surface area contributed by atoms with E-state index in [2.05, 4.69) is 4.90 Å². The fourth-order valence-corrected chi connectivity index (χ4v) is 2.40. The van der Waals surface area contributed by atoms with Gasteiger partial charge in [-0.05, 0) is 26.0 Å². The molecule has 1 aromatic carbocycles. The number of nitriles is 1. The Morgan fingerprint density at radius 1 is 1.39 bits per heavy atom. The van der Waals surface area contributed by atoms with Gasteiger partial charge in [0.1, 0.15) is 5.82 Å². The van der Waals surface area contributed by atoms with Crippen LogP contribution in [0, 0.1) is 17.1 Å². The fraction of sp³-hybridized carbons (Fsp3) is 0.500. The summed E-state index contributed by atoms with van der Waals surface area (Å²) in [5.41, 5.74) is 0.996. The van der Waals surface area contributed by atoms with E-state index < -0.39 is 0 Å². The van der Waals surface area contributed by atoms with Crippen molar-refractivity contribution in [2.75, 3.05) is 13.1 Å².